The van der Waals surface area contributed by atoms with Crippen molar-refractivity contribution in [3.8, 4) is 0 Å². The zero-order valence-electron chi connectivity index (χ0n) is 23.5. The molecule has 0 saturated carbocycles. The zero-order valence-corrected chi connectivity index (χ0v) is 24.3. The van der Waals surface area contributed by atoms with E-state index < -0.39 is 23.6 Å². The highest BCUT2D eigenvalue weighted by Gasteiger charge is 2.48. The van der Waals surface area contributed by atoms with E-state index >= 15 is 0 Å². The first-order chi connectivity index (χ1) is 18.4. The third kappa shape index (κ3) is 6.15. The Morgan fingerprint density at radius 2 is 1.95 bits per heavy atom. The van der Waals surface area contributed by atoms with E-state index in [0.717, 1.165) is 27.3 Å². The molecule has 9 heteroatoms. The number of hydrogen-bond donors (Lipinski definition) is 2. The molecule has 3 amide bonds. The maximum atomic E-state index is 14.0. The number of rotatable bonds is 7. The summed E-state index contributed by atoms with van der Waals surface area (Å²) in [6.45, 7) is 12.4. The van der Waals surface area contributed by atoms with Crippen LogP contribution in [0.5, 0.6) is 0 Å². The molecule has 208 valence electrons. The van der Waals surface area contributed by atoms with Crippen molar-refractivity contribution in [2.75, 3.05) is 13.1 Å². The highest BCUT2D eigenvalue weighted by molar-refractivity contribution is 7.10. The summed E-state index contributed by atoms with van der Waals surface area (Å²) in [4.78, 5) is 49.0. The summed E-state index contributed by atoms with van der Waals surface area (Å²) in [5, 5.41) is 13.4. The summed E-state index contributed by atoms with van der Waals surface area (Å²) in [5.74, 6) is -0.807. The van der Waals surface area contributed by atoms with Crippen molar-refractivity contribution in [3.05, 3.63) is 69.2 Å². The number of carbonyl (C=O) groups is 3. The second kappa shape index (κ2) is 11.4. The predicted octanol–water partition coefficient (Wildman–Crippen LogP) is 3.95. The summed E-state index contributed by atoms with van der Waals surface area (Å²) >= 11 is 1.59. The molecule has 1 aromatic heterocycles. The standard InChI is InChI=1S/C30H38N4O4S/c1-18(11-12-19(2)25-20(3)32-17-39-25)14-31-27(36)24-13-22(35)16-33(24)29(38)26(30(4,5)6)34-15-21-9-7-8-10-23(21)28(34)37/h7-12,17,22,24,26,35H,13-16H2,1-6H3,(H,31,36)/b18-11+,19-12+/t22-,24+,26-/m1/s1. The van der Waals surface area contributed by atoms with Crippen LogP contribution in [0.1, 0.15) is 67.5 Å². The van der Waals surface area contributed by atoms with E-state index in [1.807, 2.05) is 77.4 Å². The first-order valence-corrected chi connectivity index (χ1v) is 14.2. The summed E-state index contributed by atoms with van der Waals surface area (Å²) in [5.41, 5.74) is 5.78. The number of aromatic nitrogens is 1. The molecule has 2 N–H and O–H groups in total. The Hall–Kier alpha value is -3.30. The van der Waals surface area contributed by atoms with Crippen LogP contribution < -0.4 is 5.32 Å². The van der Waals surface area contributed by atoms with Gasteiger partial charge in [-0.25, -0.2) is 4.98 Å². The van der Waals surface area contributed by atoms with Gasteiger partial charge in [0, 0.05) is 31.6 Å². The number of benzene rings is 1. The van der Waals surface area contributed by atoms with Gasteiger partial charge in [0.25, 0.3) is 5.91 Å². The second-order valence-corrected chi connectivity index (χ2v) is 12.5. The summed E-state index contributed by atoms with van der Waals surface area (Å²) in [6.07, 6.45) is 3.33. The number of nitrogens with one attached hydrogen (secondary N) is 1. The number of amides is 3. The number of aryl methyl sites for hydroxylation is 1. The van der Waals surface area contributed by atoms with Crippen LogP contribution in [-0.4, -0.2) is 68.9 Å². The van der Waals surface area contributed by atoms with Crippen molar-refractivity contribution in [1.29, 1.82) is 0 Å². The Kier molecular flexibility index (Phi) is 8.42. The van der Waals surface area contributed by atoms with Crippen LogP contribution in [-0.2, 0) is 16.1 Å². The molecule has 0 aliphatic carbocycles. The Balaban J connectivity index is 1.47. The third-order valence-electron chi connectivity index (χ3n) is 7.34. The molecule has 2 aliphatic heterocycles. The molecule has 0 spiro atoms. The molecule has 0 bridgehead atoms. The molecule has 39 heavy (non-hydrogen) atoms. The molecular formula is C30H38N4O4S. The maximum absolute atomic E-state index is 14.0. The average molecular weight is 551 g/mol. The van der Waals surface area contributed by atoms with Crippen molar-refractivity contribution in [1.82, 2.24) is 20.1 Å². The molecule has 3 atom stereocenters. The lowest BCUT2D eigenvalue weighted by Gasteiger charge is -2.40. The van der Waals surface area contributed by atoms with E-state index in [0.29, 0.717) is 18.7 Å². The Bertz CT molecular complexity index is 1320. The molecule has 2 aliphatic rings. The van der Waals surface area contributed by atoms with E-state index in [-0.39, 0.29) is 30.7 Å². The predicted molar refractivity (Wildman–Crippen MR) is 153 cm³/mol. The van der Waals surface area contributed by atoms with Gasteiger partial charge in [-0.1, -0.05) is 56.7 Å². The summed E-state index contributed by atoms with van der Waals surface area (Å²) in [7, 11) is 0. The van der Waals surface area contributed by atoms with E-state index in [9.17, 15) is 19.5 Å². The minimum absolute atomic E-state index is 0.0590. The molecule has 4 rings (SSSR count). The minimum atomic E-state index is -0.804. The van der Waals surface area contributed by atoms with Crippen LogP contribution in [0.25, 0.3) is 5.57 Å². The lowest BCUT2D eigenvalue weighted by molar-refractivity contribution is -0.145. The van der Waals surface area contributed by atoms with Crippen molar-refractivity contribution in [2.45, 2.75) is 72.7 Å². The Morgan fingerprint density at radius 3 is 2.59 bits per heavy atom. The fourth-order valence-electron chi connectivity index (χ4n) is 5.35. The Labute approximate surface area is 234 Å². The number of carbonyl (C=O) groups excluding carboxylic acids is 3. The topological polar surface area (TPSA) is 103 Å². The van der Waals surface area contributed by atoms with Gasteiger partial charge in [0.15, 0.2) is 0 Å². The lowest BCUT2D eigenvalue weighted by Crippen LogP contribution is -2.58. The molecule has 3 heterocycles. The van der Waals surface area contributed by atoms with Crippen LogP contribution in [0.3, 0.4) is 0 Å². The van der Waals surface area contributed by atoms with Crippen molar-refractivity contribution in [2.24, 2.45) is 5.41 Å². The van der Waals surface area contributed by atoms with E-state index in [1.165, 1.54) is 4.90 Å². The minimum Gasteiger partial charge on any atom is -0.391 e. The molecule has 1 fully saturated rings. The molecule has 1 saturated heterocycles. The first-order valence-electron chi connectivity index (χ1n) is 13.3. The fraction of sp³-hybridized carbons (Fsp3) is 0.467. The number of aliphatic hydroxyl groups is 1. The van der Waals surface area contributed by atoms with Crippen LogP contribution in [0.15, 0.2) is 47.5 Å². The van der Waals surface area contributed by atoms with Crippen molar-refractivity contribution in [3.63, 3.8) is 0 Å². The van der Waals surface area contributed by atoms with Gasteiger partial charge in [-0.05, 0) is 43.4 Å². The number of thiazole rings is 1. The van der Waals surface area contributed by atoms with Crippen molar-refractivity contribution < 1.29 is 19.5 Å². The zero-order chi connectivity index (χ0) is 28.5. The largest absolute Gasteiger partial charge is 0.391 e. The maximum Gasteiger partial charge on any atom is 0.255 e. The van der Waals surface area contributed by atoms with Gasteiger partial charge in [0.1, 0.15) is 12.1 Å². The molecule has 0 unspecified atom stereocenters. The van der Waals surface area contributed by atoms with Gasteiger partial charge >= 0.3 is 0 Å². The van der Waals surface area contributed by atoms with Gasteiger partial charge < -0.3 is 20.2 Å². The van der Waals surface area contributed by atoms with Gasteiger partial charge in [0.05, 0.1) is 22.2 Å². The van der Waals surface area contributed by atoms with Crippen LogP contribution in [0.4, 0.5) is 0 Å². The fourth-order valence-corrected chi connectivity index (χ4v) is 6.14. The van der Waals surface area contributed by atoms with E-state index in [2.05, 4.69) is 10.3 Å². The van der Waals surface area contributed by atoms with Gasteiger partial charge in [-0.2, -0.15) is 0 Å². The highest BCUT2D eigenvalue weighted by Crippen LogP contribution is 2.35. The Morgan fingerprint density at radius 1 is 1.23 bits per heavy atom. The SMILES string of the molecule is C/C(=C\C=C(/C)c1scnc1C)CNC(=O)[C@@H]1C[C@@H](O)CN1C(=O)[C@@H](N1Cc2ccccc2C1=O)C(C)(C)C. The monoisotopic (exact) mass is 550 g/mol. The quantitative estimate of drug-likeness (QED) is 0.509. The van der Waals surface area contributed by atoms with E-state index in [1.54, 1.807) is 22.3 Å². The van der Waals surface area contributed by atoms with Crippen LogP contribution in [0.2, 0.25) is 0 Å². The van der Waals surface area contributed by atoms with Gasteiger partial charge in [-0.15, -0.1) is 11.3 Å². The average Bonchev–Trinajstić information content (AvgIpc) is 3.57. The number of allylic oxidation sites excluding steroid dienone is 3. The summed E-state index contributed by atoms with van der Waals surface area (Å²) < 4.78 is 0. The molecule has 8 nitrogen and oxygen atoms in total. The number of likely N-dealkylation sites (tertiary alicyclic amines) is 1. The van der Waals surface area contributed by atoms with Crippen molar-refractivity contribution >= 4 is 34.6 Å². The summed E-state index contributed by atoms with van der Waals surface area (Å²) in [6, 6.07) is 5.81. The molecule has 0 radical (unpaired) electrons. The van der Waals surface area contributed by atoms with E-state index in [4.69, 9.17) is 0 Å². The highest BCUT2D eigenvalue weighted by atomic mass is 32.1. The van der Waals surface area contributed by atoms with Gasteiger partial charge in [0.2, 0.25) is 11.8 Å². The third-order valence-corrected chi connectivity index (χ3v) is 8.41. The molecule has 1 aromatic carbocycles. The number of aliphatic hydroxyl groups excluding tert-OH is 1. The van der Waals surface area contributed by atoms with Crippen LogP contribution >= 0.6 is 11.3 Å². The number of β-amino-alcohol motifs (C(OH)–C–C–N with tert-alkyl or cyclic N) is 1. The second-order valence-electron chi connectivity index (χ2n) is 11.6. The number of fused-ring (bicyclic) bond motifs is 1. The number of hydrogen-bond acceptors (Lipinski definition) is 6. The van der Waals surface area contributed by atoms with Crippen LogP contribution in [0, 0.1) is 12.3 Å². The number of nitrogens with zero attached hydrogens (tertiary/aromatic N) is 3. The smallest absolute Gasteiger partial charge is 0.255 e. The first kappa shape index (κ1) is 28.7. The van der Waals surface area contributed by atoms with Gasteiger partial charge in [-0.3, -0.25) is 14.4 Å². The molecular weight excluding hydrogens is 512 g/mol. The lowest BCUT2D eigenvalue weighted by atomic mass is 9.84. The molecule has 2 aromatic rings. The normalized spacial score (nSPS) is 20.8.